The van der Waals surface area contributed by atoms with E-state index in [4.69, 9.17) is 4.74 Å². The lowest BCUT2D eigenvalue weighted by Gasteiger charge is -2.35. The topological polar surface area (TPSA) is 67.7 Å². The number of aromatic nitrogens is 2. The zero-order valence-corrected chi connectivity index (χ0v) is 12.4. The van der Waals surface area contributed by atoms with E-state index in [0.717, 1.165) is 11.4 Å². The maximum absolute atomic E-state index is 12.3. The van der Waals surface area contributed by atoms with Gasteiger partial charge in [-0.2, -0.15) is 5.10 Å². The molecule has 0 N–H and O–H groups in total. The molecule has 0 aromatic carbocycles. The van der Waals surface area contributed by atoms with Crippen LogP contribution in [-0.2, 0) is 16.1 Å². The van der Waals surface area contributed by atoms with E-state index in [2.05, 4.69) is 5.10 Å². The molecule has 3 heterocycles. The molecule has 1 aromatic rings. The second-order valence-electron chi connectivity index (χ2n) is 5.66. The normalized spacial score (nSPS) is 21.4. The molecule has 7 heteroatoms. The molecule has 2 aliphatic heterocycles. The molecule has 0 spiro atoms. The number of amides is 2. The second kappa shape index (κ2) is 5.38. The summed E-state index contributed by atoms with van der Waals surface area (Å²) in [4.78, 5) is 27.3. The van der Waals surface area contributed by atoms with Crippen LogP contribution in [0.5, 0.6) is 0 Å². The molecule has 2 aliphatic rings. The van der Waals surface area contributed by atoms with Gasteiger partial charge >= 0.3 is 6.09 Å². The minimum atomic E-state index is -0.255. The van der Waals surface area contributed by atoms with E-state index >= 15 is 0 Å². The van der Waals surface area contributed by atoms with Gasteiger partial charge in [0.2, 0.25) is 5.91 Å². The Balaban J connectivity index is 1.54. The van der Waals surface area contributed by atoms with Crippen molar-refractivity contribution in [1.82, 2.24) is 19.6 Å². The van der Waals surface area contributed by atoms with Gasteiger partial charge < -0.3 is 9.64 Å². The Labute approximate surface area is 123 Å². The Hall–Kier alpha value is -2.05. The lowest BCUT2D eigenvalue weighted by molar-refractivity contribution is -0.133. The number of ether oxygens (including phenoxy) is 1. The Morgan fingerprint density at radius 3 is 2.95 bits per heavy atom. The summed E-state index contributed by atoms with van der Waals surface area (Å²) in [5, 5.41) is 4.36. The van der Waals surface area contributed by atoms with Gasteiger partial charge in [0, 0.05) is 38.3 Å². The summed E-state index contributed by atoms with van der Waals surface area (Å²) in [5.41, 5.74) is 2.04. The summed E-state index contributed by atoms with van der Waals surface area (Å²) in [7, 11) is 0. The van der Waals surface area contributed by atoms with Crippen LogP contribution in [-0.4, -0.2) is 63.9 Å². The molecule has 2 fully saturated rings. The molecule has 0 radical (unpaired) electrons. The van der Waals surface area contributed by atoms with Crippen LogP contribution in [0.2, 0.25) is 0 Å². The van der Waals surface area contributed by atoms with Gasteiger partial charge in [0.15, 0.2) is 0 Å². The fraction of sp³-hybridized carbons (Fsp3) is 0.643. The van der Waals surface area contributed by atoms with Crippen molar-refractivity contribution in [3.8, 4) is 0 Å². The molecule has 2 amide bonds. The van der Waals surface area contributed by atoms with Gasteiger partial charge in [-0.05, 0) is 19.9 Å². The van der Waals surface area contributed by atoms with E-state index in [0.29, 0.717) is 39.2 Å². The highest BCUT2D eigenvalue weighted by Gasteiger charge is 2.38. The van der Waals surface area contributed by atoms with Gasteiger partial charge in [0.25, 0.3) is 0 Å². The van der Waals surface area contributed by atoms with Crippen molar-refractivity contribution in [2.45, 2.75) is 32.9 Å². The molecule has 114 valence electrons. The molecular weight excluding hydrogens is 272 g/mol. The van der Waals surface area contributed by atoms with Crippen molar-refractivity contribution in [3.63, 3.8) is 0 Å². The van der Waals surface area contributed by atoms with E-state index < -0.39 is 0 Å². The van der Waals surface area contributed by atoms with Crippen LogP contribution in [0.25, 0.3) is 0 Å². The number of aryl methyl sites for hydroxylation is 3. The number of fused-ring (bicyclic) bond motifs is 1. The van der Waals surface area contributed by atoms with E-state index in [9.17, 15) is 9.59 Å². The molecule has 0 aliphatic carbocycles. The van der Waals surface area contributed by atoms with Crippen LogP contribution < -0.4 is 0 Å². The summed E-state index contributed by atoms with van der Waals surface area (Å²) in [6, 6.07) is 2.02. The zero-order valence-electron chi connectivity index (χ0n) is 12.4. The molecule has 2 saturated heterocycles. The van der Waals surface area contributed by atoms with E-state index in [1.807, 2.05) is 29.5 Å². The van der Waals surface area contributed by atoms with E-state index in [1.54, 1.807) is 4.90 Å². The first-order valence-electron chi connectivity index (χ1n) is 7.27. The third-order valence-corrected chi connectivity index (χ3v) is 4.11. The highest BCUT2D eigenvalue weighted by atomic mass is 16.6. The average molecular weight is 292 g/mol. The maximum Gasteiger partial charge on any atom is 0.410 e. The Morgan fingerprint density at radius 2 is 2.24 bits per heavy atom. The van der Waals surface area contributed by atoms with Gasteiger partial charge in [-0.25, -0.2) is 4.79 Å². The predicted octanol–water partition coefficient (Wildman–Crippen LogP) is 0.553. The smallest absolute Gasteiger partial charge is 0.410 e. The van der Waals surface area contributed by atoms with Crippen molar-refractivity contribution >= 4 is 12.0 Å². The number of carbonyl (C=O) groups is 2. The van der Waals surface area contributed by atoms with Crippen LogP contribution in [0, 0.1) is 13.8 Å². The van der Waals surface area contributed by atoms with Gasteiger partial charge in [-0.1, -0.05) is 0 Å². The van der Waals surface area contributed by atoms with Crippen molar-refractivity contribution in [1.29, 1.82) is 0 Å². The first-order chi connectivity index (χ1) is 10.0. The molecule has 0 saturated carbocycles. The molecule has 1 atom stereocenters. The number of piperazine rings is 1. The number of carbonyl (C=O) groups excluding carboxylic acids is 2. The number of cyclic esters (lactones) is 1. The third-order valence-electron chi connectivity index (χ3n) is 4.11. The van der Waals surface area contributed by atoms with E-state index in [1.165, 1.54) is 0 Å². The number of hydrogen-bond donors (Lipinski definition) is 0. The lowest BCUT2D eigenvalue weighted by Crippen LogP contribution is -2.53. The molecule has 0 unspecified atom stereocenters. The quantitative estimate of drug-likeness (QED) is 0.816. The molecule has 7 nitrogen and oxygen atoms in total. The molecular formula is C14H20N4O3. The minimum absolute atomic E-state index is 0.0175. The fourth-order valence-electron chi connectivity index (χ4n) is 2.98. The average Bonchev–Trinajstić information content (AvgIpc) is 2.98. The van der Waals surface area contributed by atoms with Crippen molar-refractivity contribution < 1.29 is 14.3 Å². The molecule has 1 aromatic heterocycles. The zero-order chi connectivity index (χ0) is 15.0. The first-order valence-corrected chi connectivity index (χ1v) is 7.27. The first kappa shape index (κ1) is 13.9. The lowest BCUT2D eigenvalue weighted by atomic mass is 10.2. The third kappa shape index (κ3) is 2.72. The van der Waals surface area contributed by atoms with Crippen molar-refractivity contribution in [2.75, 3.05) is 26.2 Å². The summed E-state index contributed by atoms with van der Waals surface area (Å²) >= 11 is 0. The van der Waals surface area contributed by atoms with Crippen LogP contribution in [0.15, 0.2) is 6.07 Å². The van der Waals surface area contributed by atoms with Gasteiger partial charge in [0.05, 0.1) is 11.7 Å². The predicted molar refractivity (Wildman–Crippen MR) is 74.7 cm³/mol. The standard InChI is InChI=1S/C14H20N4O3/c1-10-7-11(2)18(15-10)4-3-13(19)16-5-6-17-12(8-16)9-21-14(17)20/h7,12H,3-6,8-9H2,1-2H3/t12-/m0/s1. The largest absolute Gasteiger partial charge is 0.447 e. The van der Waals surface area contributed by atoms with E-state index in [-0.39, 0.29) is 18.0 Å². The number of rotatable bonds is 3. The molecule has 3 rings (SSSR count). The van der Waals surface area contributed by atoms with Crippen molar-refractivity contribution in [2.24, 2.45) is 0 Å². The summed E-state index contributed by atoms with van der Waals surface area (Å²) in [6.45, 7) is 6.64. The highest BCUT2D eigenvalue weighted by molar-refractivity contribution is 5.77. The summed E-state index contributed by atoms with van der Waals surface area (Å²) in [5.74, 6) is 0.113. The van der Waals surface area contributed by atoms with Crippen LogP contribution >= 0.6 is 0 Å². The monoisotopic (exact) mass is 292 g/mol. The summed E-state index contributed by atoms with van der Waals surface area (Å²) < 4.78 is 6.88. The van der Waals surface area contributed by atoms with Crippen molar-refractivity contribution in [3.05, 3.63) is 17.5 Å². The van der Waals surface area contributed by atoms with Crippen LogP contribution in [0.4, 0.5) is 4.79 Å². The Morgan fingerprint density at radius 1 is 1.43 bits per heavy atom. The van der Waals surface area contributed by atoms with Gasteiger partial charge in [-0.15, -0.1) is 0 Å². The number of nitrogens with zero attached hydrogens (tertiary/aromatic N) is 4. The van der Waals surface area contributed by atoms with Gasteiger partial charge in [0.1, 0.15) is 6.61 Å². The fourth-order valence-corrected chi connectivity index (χ4v) is 2.98. The summed E-state index contributed by atoms with van der Waals surface area (Å²) in [6.07, 6.45) is 0.179. The Kier molecular flexibility index (Phi) is 3.57. The van der Waals surface area contributed by atoms with Gasteiger partial charge in [-0.3, -0.25) is 14.4 Å². The van der Waals surface area contributed by atoms with Crippen LogP contribution in [0.3, 0.4) is 0 Å². The van der Waals surface area contributed by atoms with Crippen LogP contribution in [0.1, 0.15) is 17.8 Å². The molecule has 0 bridgehead atoms. The Bertz CT molecular complexity index is 569. The number of hydrogen-bond acceptors (Lipinski definition) is 4. The second-order valence-corrected chi connectivity index (χ2v) is 5.66. The minimum Gasteiger partial charge on any atom is -0.447 e. The highest BCUT2D eigenvalue weighted by Crippen LogP contribution is 2.18. The maximum atomic E-state index is 12.3. The SMILES string of the molecule is Cc1cc(C)n(CCC(=O)N2CCN3C(=O)OC[C@@H]3C2)n1. The molecule has 21 heavy (non-hydrogen) atoms.